The van der Waals surface area contributed by atoms with Gasteiger partial charge < -0.3 is 19.9 Å². The molecule has 0 bridgehead atoms. The van der Waals surface area contributed by atoms with E-state index in [1.807, 2.05) is 12.1 Å². The Balaban J connectivity index is 2.16. The second kappa shape index (κ2) is 8.06. The van der Waals surface area contributed by atoms with E-state index in [2.05, 4.69) is 12.2 Å². The number of phenolic OH excluding ortho intramolecular Hbond substituents is 1. The van der Waals surface area contributed by atoms with Crippen LogP contribution in [0, 0.1) is 0 Å². The molecule has 1 aromatic carbocycles. The summed E-state index contributed by atoms with van der Waals surface area (Å²) in [7, 11) is 1.66. The van der Waals surface area contributed by atoms with Gasteiger partial charge in [-0.3, -0.25) is 0 Å². The highest BCUT2D eigenvalue weighted by molar-refractivity contribution is 5.27. The van der Waals surface area contributed by atoms with Crippen molar-refractivity contribution in [1.82, 2.24) is 5.32 Å². The molecule has 0 aromatic heterocycles. The maximum atomic E-state index is 9.18. The first-order valence-electron chi connectivity index (χ1n) is 5.83. The number of hydrogen-bond acceptors (Lipinski definition) is 4. The molecule has 96 valence electrons. The third-order valence-corrected chi connectivity index (χ3v) is 2.52. The van der Waals surface area contributed by atoms with E-state index in [-0.39, 0.29) is 6.04 Å². The first-order chi connectivity index (χ1) is 8.24. The van der Waals surface area contributed by atoms with Crippen molar-refractivity contribution in [2.75, 3.05) is 33.5 Å². The smallest absolute Gasteiger partial charge is 0.115 e. The van der Waals surface area contributed by atoms with Crippen molar-refractivity contribution in [2.45, 2.75) is 13.0 Å². The molecule has 0 spiro atoms. The summed E-state index contributed by atoms with van der Waals surface area (Å²) in [4.78, 5) is 0. The van der Waals surface area contributed by atoms with Gasteiger partial charge in [-0.15, -0.1) is 0 Å². The van der Waals surface area contributed by atoms with Crippen molar-refractivity contribution in [3.8, 4) is 5.75 Å². The zero-order valence-corrected chi connectivity index (χ0v) is 10.5. The van der Waals surface area contributed by atoms with Gasteiger partial charge in [0, 0.05) is 19.7 Å². The Bertz CT molecular complexity index is 300. The van der Waals surface area contributed by atoms with Crippen LogP contribution < -0.4 is 5.32 Å². The lowest BCUT2D eigenvalue weighted by molar-refractivity contribution is 0.0712. The molecule has 1 aromatic rings. The van der Waals surface area contributed by atoms with Gasteiger partial charge in [0.15, 0.2) is 0 Å². The van der Waals surface area contributed by atoms with Crippen molar-refractivity contribution in [3.63, 3.8) is 0 Å². The van der Waals surface area contributed by atoms with Crippen LogP contribution in [-0.4, -0.2) is 38.6 Å². The predicted molar refractivity (Wildman–Crippen MR) is 67.2 cm³/mol. The van der Waals surface area contributed by atoms with Crippen LogP contribution >= 0.6 is 0 Å². The third-order valence-electron chi connectivity index (χ3n) is 2.52. The van der Waals surface area contributed by atoms with Gasteiger partial charge >= 0.3 is 0 Å². The monoisotopic (exact) mass is 239 g/mol. The molecule has 17 heavy (non-hydrogen) atoms. The first kappa shape index (κ1) is 14.0. The molecule has 4 heteroatoms. The molecule has 0 heterocycles. The maximum absolute atomic E-state index is 9.18. The number of phenols is 1. The topological polar surface area (TPSA) is 50.7 Å². The molecule has 0 amide bonds. The highest BCUT2D eigenvalue weighted by Crippen LogP contribution is 2.15. The van der Waals surface area contributed by atoms with Crippen LogP contribution in [-0.2, 0) is 9.47 Å². The number of rotatable bonds is 8. The molecule has 0 saturated carbocycles. The molecule has 4 nitrogen and oxygen atoms in total. The van der Waals surface area contributed by atoms with Gasteiger partial charge in [-0.2, -0.15) is 0 Å². The van der Waals surface area contributed by atoms with E-state index in [0.29, 0.717) is 25.6 Å². The average Bonchev–Trinajstić information content (AvgIpc) is 2.34. The van der Waals surface area contributed by atoms with E-state index in [4.69, 9.17) is 9.47 Å². The number of nitrogens with one attached hydrogen (secondary N) is 1. The molecule has 0 saturated heterocycles. The van der Waals surface area contributed by atoms with Crippen molar-refractivity contribution < 1.29 is 14.6 Å². The number of benzene rings is 1. The van der Waals surface area contributed by atoms with Gasteiger partial charge in [-0.25, -0.2) is 0 Å². The Morgan fingerprint density at radius 3 is 2.53 bits per heavy atom. The molecule has 0 fully saturated rings. The van der Waals surface area contributed by atoms with E-state index >= 15 is 0 Å². The number of aromatic hydroxyl groups is 1. The first-order valence-corrected chi connectivity index (χ1v) is 5.83. The molecular formula is C13H21NO3. The molecule has 1 atom stereocenters. The summed E-state index contributed by atoms with van der Waals surface area (Å²) in [6, 6.07) is 7.48. The van der Waals surface area contributed by atoms with Crippen LogP contribution in [0.4, 0.5) is 0 Å². The zero-order valence-electron chi connectivity index (χ0n) is 10.5. The quantitative estimate of drug-likeness (QED) is 0.678. The summed E-state index contributed by atoms with van der Waals surface area (Å²) in [6.07, 6.45) is 0. The third kappa shape index (κ3) is 5.68. The lowest BCUT2D eigenvalue weighted by atomic mass is 10.1. The number of hydrogen-bond donors (Lipinski definition) is 2. The Labute approximate surface area is 103 Å². The fraction of sp³-hybridized carbons (Fsp3) is 0.538. The van der Waals surface area contributed by atoms with E-state index < -0.39 is 0 Å². The Kier molecular flexibility index (Phi) is 6.62. The lowest BCUT2D eigenvalue weighted by Crippen LogP contribution is -2.23. The molecular weight excluding hydrogens is 218 g/mol. The average molecular weight is 239 g/mol. The number of ether oxygens (including phenoxy) is 2. The Morgan fingerprint density at radius 2 is 1.88 bits per heavy atom. The minimum absolute atomic E-state index is 0.252. The number of methoxy groups -OCH3 is 1. The summed E-state index contributed by atoms with van der Waals surface area (Å²) < 4.78 is 10.2. The van der Waals surface area contributed by atoms with Gasteiger partial charge in [-0.1, -0.05) is 12.1 Å². The molecule has 0 aliphatic heterocycles. The standard InChI is InChI=1S/C13H21NO3/c1-11(12-3-5-13(15)6-4-12)14-7-8-17-10-9-16-2/h3-6,11,14-15H,7-10H2,1-2H3. The van der Waals surface area contributed by atoms with Crippen LogP contribution in [0.1, 0.15) is 18.5 Å². The minimum atomic E-state index is 0.252. The van der Waals surface area contributed by atoms with Crippen LogP contribution in [0.2, 0.25) is 0 Å². The predicted octanol–water partition coefficient (Wildman–Crippen LogP) is 1.71. The van der Waals surface area contributed by atoms with E-state index in [1.165, 1.54) is 0 Å². The minimum Gasteiger partial charge on any atom is -0.508 e. The summed E-state index contributed by atoms with van der Waals surface area (Å²) >= 11 is 0. The van der Waals surface area contributed by atoms with Gasteiger partial charge in [-0.05, 0) is 24.6 Å². The van der Waals surface area contributed by atoms with Gasteiger partial charge in [0.05, 0.1) is 19.8 Å². The highest BCUT2D eigenvalue weighted by Gasteiger charge is 2.03. The second-order valence-corrected chi connectivity index (χ2v) is 3.87. The Morgan fingerprint density at radius 1 is 1.18 bits per heavy atom. The van der Waals surface area contributed by atoms with Crippen molar-refractivity contribution in [1.29, 1.82) is 0 Å². The molecule has 0 aliphatic rings. The normalized spacial score (nSPS) is 12.6. The van der Waals surface area contributed by atoms with E-state index in [9.17, 15) is 5.11 Å². The highest BCUT2D eigenvalue weighted by atomic mass is 16.5. The van der Waals surface area contributed by atoms with Crippen LogP contribution in [0.25, 0.3) is 0 Å². The van der Waals surface area contributed by atoms with Crippen LogP contribution in [0.15, 0.2) is 24.3 Å². The molecule has 1 rings (SSSR count). The Hall–Kier alpha value is -1.10. The van der Waals surface area contributed by atoms with E-state index in [0.717, 1.165) is 12.1 Å². The largest absolute Gasteiger partial charge is 0.508 e. The van der Waals surface area contributed by atoms with Gasteiger partial charge in [0.2, 0.25) is 0 Å². The van der Waals surface area contributed by atoms with E-state index in [1.54, 1.807) is 19.2 Å². The van der Waals surface area contributed by atoms with Crippen LogP contribution in [0.5, 0.6) is 5.75 Å². The fourth-order valence-corrected chi connectivity index (χ4v) is 1.47. The summed E-state index contributed by atoms with van der Waals surface area (Å²) in [6.45, 7) is 4.82. The molecule has 2 N–H and O–H groups in total. The zero-order chi connectivity index (χ0) is 12.5. The van der Waals surface area contributed by atoms with Crippen LogP contribution in [0.3, 0.4) is 0 Å². The lowest BCUT2D eigenvalue weighted by Gasteiger charge is -2.14. The summed E-state index contributed by atoms with van der Waals surface area (Å²) in [5.41, 5.74) is 1.15. The fourth-order valence-electron chi connectivity index (χ4n) is 1.47. The summed E-state index contributed by atoms with van der Waals surface area (Å²) in [5.74, 6) is 0.295. The SMILES string of the molecule is COCCOCCNC(C)c1ccc(O)cc1. The molecule has 1 unspecified atom stereocenters. The molecule has 0 aliphatic carbocycles. The van der Waals surface area contributed by atoms with Gasteiger partial charge in [0.25, 0.3) is 0 Å². The van der Waals surface area contributed by atoms with Crippen molar-refractivity contribution in [2.24, 2.45) is 0 Å². The van der Waals surface area contributed by atoms with Gasteiger partial charge in [0.1, 0.15) is 5.75 Å². The maximum Gasteiger partial charge on any atom is 0.115 e. The van der Waals surface area contributed by atoms with Crippen molar-refractivity contribution in [3.05, 3.63) is 29.8 Å². The van der Waals surface area contributed by atoms with Crippen molar-refractivity contribution >= 4 is 0 Å². The summed E-state index contributed by atoms with van der Waals surface area (Å²) in [5, 5.41) is 12.5. The molecule has 0 radical (unpaired) electrons. The second-order valence-electron chi connectivity index (χ2n) is 3.87.